The molecular formula is C15H14BrClN2O2. The van der Waals surface area contributed by atoms with Gasteiger partial charge in [0.2, 0.25) is 0 Å². The monoisotopic (exact) mass is 368 g/mol. The number of hydrogen-bond acceptors (Lipinski definition) is 3. The zero-order chi connectivity index (χ0) is 15.4. The maximum absolute atomic E-state index is 11.0. The number of nitrogens with zero attached hydrogens (tertiary/aromatic N) is 1. The average Bonchev–Trinajstić information content (AvgIpc) is 2.45. The van der Waals surface area contributed by atoms with Crippen molar-refractivity contribution < 1.29 is 4.92 Å². The fourth-order valence-corrected chi connectivity index (χ4v) is 2.47. The van der Waals surface area contributed by atoms with Crippen molar-refractivity contribution >= 4 is 33.2 Å². The second-order valence-electron chi connectivity index (χ2n) is 4.68. The zero-order valence-electron chi connectivity index (χ0n) is 11.3. The van der Waals surface area contributed by atoms with Crippen molar-refractivity contribution in [3.8, 4) is 0 Å². The summed E-state index contributed by atoms with van der Waals surface area (Å²) in [6, 6.07) is 12.6. The molecule has 110 valence electrons. The Balaban J connectivity index is 2.10. The first-order valence-electron chi connectivity index (χ1n) is 6.39. The third kappa shape index (κ3) is 4.27. The molecule has 0 saturated carbocycles. The Morgan fingerprint density at radius 1 is 1.29 bits per heavy atom. The van der Waals surface area contributed by atoms with E-state index < -0.39 is 4.92 Å². The fraction of sp³-hybridized carbons (Fsp3) is 0.200. The summed E-state index contributed by atoms with van der Waals surface area (Å²) in [5.41, 5.74) is 1.77. The molecule has 0 radical (unpaired) electrons. The highest BCUT2D eigenvalue weighted by Gasteiger charge is 2.14. The van der Waals surface area contributed by atoms with Gasteiger partial charge in [-0.05, 0) is 36.8 Å². The number of benzene rings is 2. The third-order valence-corrected chi connectivity index (χ3v) is 3.97. The van der Waals surface area contributed by atoms with Gasteiger partial charge in [-0.2, -0.15) is 0 Å². The maximum Gasteiger partial charge on any atom is 0.273 e. The summed E-state index contributed by atoms with van der Waals surface area (Å²) in [5, 5.41) is 14.8. The molecule has 1 atom stereocenters. The molecule has 0 fully saturated rings. The van der Waals surface area contributed by atoms with Crippen LogP contribution in [0.3, 0.4) is 0 Å². The van der Waals surface area contributed by atoms with Crippen LogP contribution in [0, 0.1) is 10.1 Å². The van der Waals surface area contributed by atoms with Gasteiger partial charge in [0.25, 0.3) is 5.69 Å². The van der Waals surface area contributed by atoms with Crippen molar-refractivity contribution in [1.29, 1.82) is 0 Å². The topological polar surface area (TPSA) is 55.2 Å². The molecule has 0 aliphatic rings. The Labute approximate surface area is 136 Å². The van der Waals surface area contributed by atoms with Gasteiger partial charge in [0.15, 0.2) is 0 Å². The van der Waals surface area contributed by atoms with Gasteiger partial charge in [-0.15, -0.1) is 0 Å². The second kappa shape index (κ2) is 7.02. The third-order valence-electron chi connectivity index (χ3n) is 3.21. The molecule has 0 spiro atoms. The molecule has 0 aliphatic carbocycles. The normalized spacial score (nSPS) is 12.1. The van der Waals surface area contributed by atoms with E-state index >= 15 is 0 Å². The summed E-state index contributed by atoms with van der Waals surface area (Å²) >= 11 is 9.31. The first kappa shape index (κ1) is 15.9. The highest BCUT2D eigenvalue weighted by molar-refractivity contribution is 9.10. The van der Waals surface area contributed by atoms with Crippen LogP contribution in [-0.2, 0) is 6.54 Å². The predicted octanol–water partition coefficient (Wildman–Crippen LogP) is 4.86. The Morgan fingerprint density at radius 2 is 1.95 bits per heavy atom. The first-order valence-corrected chi connectivity index (χ1v) is 7.56. The molecule has 6 heteroatoms. The zero-order valence-corrected chi connectivity index (χ0v) is 13.7. The molecule has 2 rings (SSSR count). The van der Waals surface area contributed by atoms with Gasteiger partial charge in [-0.1, -0.05) is 39.7 Å². The molecule has 0 unspecified atom stereocenters. The smallest absolute Gasteiger partial charge is 0.273 e. The van der Waals surface area contributed by atoms with E-state index in [2.05, 4.69) is 21.2 Å². The van der Waals surface area contributed by atoms with Crippen LogP contribution in [0.4, 0.5) is 5.69 Å². The molecule has 1 N–H and O–H groups in total. The van der Waals surface area contributed by atoms with Gasteiger partial charge in [-0.25, -0.2) is 0 Å². The highest BCUT2D eigenvalue weighted by atomic mass is 79.9. The lowest BCUT2D eigenvalue weighted by molar-refractivity contribution is -0.385. The van der Waals surface area contributed by atoms with Crippen molar-refractivity contribution in [2.75, 3.05) is 0 Å². The number of halogens is 2. The lowest BCUT2D eigenvalue weighted by Gasteiger charge is -2.14. The minimum atomic E-state index is -0.391. The maximum atomic E-state index is 11.0. The summed E-state index contributed by atoms with van der Waals surface area (Å²) in [6.07, 6.45) is 0. The molecule has 0 saturated heterocycles. The number of rotatable bonds is 5. The largest absolute Gasteiger partial charge is 0.306 e. The van der Waals surface area contributed by atoms with E-state index in [0.717, 1.165) is 10.0 Å². The number of nitro benzene ring substituents is 1. The molecule has 0 bridgehead atoms. The molecule has 2 aromatic rings. The molecule has 0 aliphatic heterocycles. The van der Waals surface area contributed by atoms with Crippen LogP contribution in [-0.4, -0.2) is 4.92 Å². The standard InChI is InChI=1S/C15H14BrClN2O2/c1-10(11-2-4-13(16)5-3-11)18-9-12-8-14(17)6-7-15(12)19(20)21/h2-8,10,18H,9H2,1H3/t10-/m0/s1. The van der Waals surface area contributed by atoms with Gasteiger partial charge in [-0.3, -0.25) is 10.1 Å². The van der Waals surface area contributed by atoms with Gasteiger partial charge in [0, 0.05) is 33.7 Å². The van der Waals surface area contributed by atoms with Crippen LogP contribution in [0.1, 0.15) is 24.1 Å². The quantitative estimate of drug-likeness (QED) is 0.605. The Bertz CT molecular complexity index is 647. The van der Waals surface area contributed by atoms with Crippen molar-refractivity contribution in [1.82, 2.24) is 5.32 Å². The fourth-order valence-electron chi connectivity index (χ4n) is 2.01. The first-order chi connectivity index (χ1) is 9.97. The van der Waals surface area contributed by atoms with E-state index in [-0.39, 0.29) is 11.7 Å². The number of nitro groups is 1. The van der Waals surface area contributed by atoms with Crippen LogP contribution in [0.25, 0.3) is 0 Å². The van der Waals surface area contributed by atoms with Crippen LogP contribution in [0.2, 0.25) is 5.02 Å². The Morgan fingerprint density at radius 3 is 2.57 bits per heavy atom. The van der Waals surface area contributed by atoms with Gasteiger partial charge in [0.1, 0.15) is 0 Å². The summed E-state index contributed by atoms with van der Waals surface area (Å²) in [6.45, 7) is 2.40. The van der Waals surface area contributed by atoms with E-state index in [9.17, 15) is 10.1 Å². The molecule has 0 heterocycles. The van der Waals surface area contributed by atoms with Crippen molar-refractivity contribution in [2.45, 2.75) is 19.5 Å². The minimum absolute atomic E-state index is 0.0786. The van der Waals surface area contributed by atoms with Crippen LogP contribution in [0.15, 0.2) is 46.9 Å². The van der Waals surface area contributed by atoms with E-state index in [1.165, 1.54) is 12.1 Å². The lowest BCUT2D eigenvalue weighted by Crippen LogP contribution is -2.18. The summed E-state index contributed by atoms with van der Waals surface area (Å²) in [4.78, 5) is 10.6. The summed E-state index contributed by atoms with van der Waals surface area (Å²) in [7, 11) is 0. The minimum Gasteiger partial charge on any atom is -0.306 e. The highest BCUT2D eigenvalue weighted by Crippen LogP contribution is 2.24. The molecule has 2 aromatic carbocycles. The molecular weight excluding hydrogens is 356 g/mol. The number of hydrogen-bond donors (Lipinski definition) is 1. The number of nitrogens with one attached hydrogen (secondary N) is 1. The average molecular weight is 370 g/mol. The molecule has 0 amide bonds. The second-order valence-corrected chi connectivity index (χ2v) is 6.04. The van der Waals surface area contributed by atoms with Gasteiger partial charge >= 0.3 is 0 Å². The SMILES string of the molecule is C[C@H](NCc1cc(Cl)ccc1[N+](=O)[O-])c1ccc(Br)cc1. The Hall–Kier alpha value is -1.43. The van der Waals surface area contributed by atoms with Crippen molar-refractivity contribution in [2.24, 2.45) is 0 Å². The lowest BCUT2D eigenvalue weighted by atomic mass is 10.1. The summed E-state index contributed by atoms with van der Waals surface area (Å²) < 4.78 is 1.02. The van der Waals surface area contributed by atoms with E-state index in [4.69, 9.17) is 11.6 Å². The van der Waals surface area contributed by atoms with Crippen LogP contribution >= 0.6 is 27.5 Å². The molecule has 0 aromatic heterocycles. The van der Waals surface area contributed by atoms with Crippen LogP contribution < -0.4 is 5.32 Å². The van der Waals surface area contributed by atoms with Crippen LogP contribution in [0.5, 0.6) is 0 Å². The Kier molecular flexibility index (Phi) is 5.33. The van der Waals surface area contributed by atoms with E-state index in [1.54, 1.807) is 6.07 Å². The molecule has 4 nitrogen and oxygen atoms in total. The van der Waals surface area contributed by atoms with E-state index in [1.807, 2.05) is 31.2 Å². The summed E-state index contributed by atoms with van der Waals surface area (Å²) in [5.74, 6) is 0. The van der Waals surface area contributed by atoms with Crippen molar-refractivity contribution in [3.05, 3.63) is 73.2 Å². The van der Waals surface area contributed by atoms with E-state index in [0.29, 0.717) is 17.1 Å². The van der Waals surface area contributed by atoms with Crippen molar-refractivity contribution in [3.63, 3.8) is 0 Å². The van der Waals surface area contributed by atoms with Gasteiger partial charge < -0.3 is 5.32 Å². The molecule has 21 heavy (non-hydrogen) atoms. The predicted molar refractivity (Wildman–Crippen MR) is 87.5 cm³/mol. The van der Waals surface area contributed by atoms with Gasteiger partial charge in [0.05, 0.1) is 4.92 Å².